The number of aliphatic carboxylic acids is 1. The fraction of sp³-hybridized carbons (Fsp3) is 0.500. The molecular formula is C14H17ClN2O4. The first kappa shape index (κ1) is 15.7. The van der Waals surface area contributed by atoms with Crippen LogP contribution in [-0.2, 0) is 4.79 Å². The summed E-state index contributed by atoms with van der Waals surface area (Å²) in [7, 11) is 0. The molecular weight excluding hydrogens is 296 g/mol. The molecule has 1 fully saturated rings. The molecule has 2 atom stereocenters. The zero-order chi connectivity index (χ0) is 15.4. The van der Waals surface area contributed by atoms with Crippen molar-refractivity contribution in [1.29, 1.82) is 0 Å². The Morgan fingerprint density at radius 3 is 2.71 bits per heavy atom. The summed E-state index contributed by atoms with van der Waals surface area (Å²) in [5, 5.41) is 19.4. The second kappa shape index (κ2) is 6.87. The van der Waals surface area contributed by atoms with Crippen molar-refractivity contribution in [3.63, 3.8) is 0 Å². The van der Waals surface area contributed by atoms with Gasteiger partial charge in [0.2, 0.25) is 0 Å². The van der Waals surface area contributed by atoms with Crippen molar-refractivity contribution in [1.82, 2.24) is 4.90 Å². The Kier molecular flexibility index (Phi) is 5.14. The van der Waals surface area contributed by atoms with Crippen molar-refractivity contribution < 1.29 is 14.8 Å². The van der Waals surface area contributed by atoms with E-state index in [1.807, 2.05) is 4.90 Å². The standard InChI is InChI=1S/C14H17ClN2O4/c15-13(10-3-5-12(6-4-10)17(20)21)9-16-7-1-2-11(8-16)14(18)19/h3-6,11,13H,1-2,7-9H2,(H,18,19). The summed E-state index contributed by atoms with van der Waals surface area (Å²) < 4.78 is 0. The molecule has 0 saturated carbocycles. The maximum absolute atomic E-state index is 11.0. The molecule has 1 N–H and O–H groups in total. The van der Waals surface area contributed by atoms with Crippen LogP contribution in [0.3, 0.4) is 0 Å². The highest BCUT2D eigenvalue weighted by molar-refractivity contribution is 6.21. The van der Waals surface area contributed by atoms with Crippen LogP contribution < -0.4 is 0 Å². The van der Waals surface area contributed by atoms with Gasteiger partial charge in [0, 0.05) is 25.2 Å². The smallest absolute Gasteiger partial charge is 0.307 e. The lowest BCUT2D eigenvalue weighted by Crippen LogP contribution is -2.40. The average Bonchev–Trinajstić information content (AvgIpc) is 2.47. The molecule has 2 unspecified atom stereocenters. The van der Waals surface area contributed by atoms with E-state index < -0.39 is 10.9 Å². The van der Waals surface area contributed by atoms with Gasteiger partial charge in [-0.25, -0.2) is 0 Å². The number of alkyl halides is 1. The zero-order valence-electron chi connectivity index (χ0n) is 11.4. The van der Waals surface area contributed by atoms with Crippen molar-refractivity contribution in [3.8, 4) is 0 Å². The number of hydrogen-bond donors (Lipinski definition) is 1. The van der Waals surface area contributed by atoms with Crippen LogP contribution in [-0.4, -0.2) is 40.5 Å². The number of carbonyl (C=O) groups is 1. The third kappa shape index (κ3) is 4.15. The van der Waals surface area contributed by atoms with E-state index in [2.05, 4.69) is 0 Å². The summed E-state index contributed by atoms with van der Waals surface area (Å²) >= 11 is 6.34. The Balaban J connectivity index is 1.95. The van der Waals surface area contributed by atoms with Crippen LogP contribution in [0.15, 0.2) is 24.3 Å². The molecule has 0 amide bonds. The Labute approximate surface area is 127 Å². The van der Waals surface area contributed by atoms with Crippen LogP contribution >= 0.6 is 11.6 Å². The van der Waals surface area contributed by atoms with Crippen LogP contribution in [0, 0.1) is 16.0 Å². The highest BCUT2D eigenvalue weighted by Gasteiger charge is 2.26. The predicted molar refractivity (Wildman–Crippen MR) is 78.5 cm³/mol. The van der Waals surface area contributed by atoms with Gasteiger partial charge in [0.15, 0.2) is 0 Å². The molecule has 7 heteroatoms. The number of carboxylic acids is 1. The minimum absolute atomic E-state index is 0.0338. The SMILES string of the molecule is O=C(O)C1CCCN(CC(Cl)c2ccc([N+](=O)[O-])cc2)C1. The maximum atomic E-state index is 11.0. The summed E-state index contributed by atoms with van der Waals surface area (Å²) in [5.74, 6) is -1.10. The zero-order valence-corrected chi connectivity index (χ0v) is 12.2. The lowest BCUT2D eigenvalue weighted by molar-refractivity contribution is -0.384. The largest absolute Gasteiger partial charge is 0.481 e. The van der Waals surface area contributed by atoms with E-state index in [0.29, 0.717) is 19.5 Å². The van der Waals surface area contributed by atoms with Crippen molar-refractivity contribution in [2.24, 2.45) is 5.92 Å². The number of piperidine rings is 1. The van der Waals surface area contributed by atoms with E-state index in [9.17, 15) is 14.9 Å². The van der Waals surface area contributed by atoms with E-state index in [1.54, 1.807) is 12.1 Å². The molecule has 0 spiro atoms. The molecule has 1 heterocycles. The Hall–Kier alpha value is -1.66. The number of nitro groups is 1. The molecule has 0 bridgehead atoms. The molecule has 1 aromatic carbocycles. The maximum Gasteiger partial charge on any atom is 0.307 e. The first-order valence-corrected chi connectivity index (χ1v) is 7.24. The summed E-state index contributed by atoms with van der Waals surface area (Å²) in [5.41, 5.74) is 0.839. The Morgan fingerprint density at radius 2 is 2.14 bits per heavy atom. The summed E-state index contributed by atoms with van der Waals surface area (Å²) in [4.78, 5) is 23.2. The molecule has 1 aliphatic rings. The van der Waals surface area contributed by atoms with E-state index in [-0.39, 0.29) is 17.0 Å². The van der Waals surface area contributed by atoms with Crippen molar-refractivity contribution in [2.75, 3.05) is 19.6 Å². The van der Waals surface area contributed by atoms with Gasteiger partial charge in [-0.3, -0.25) is 14.9 Å². The quantitative estimate of drug-likeness (QED) is 0.513. The summed E-state index contributed by atoms with van der Waals surface area (Å²) in [6.07, 6.45) is 1.55. The fourth-order valence-electron chi connectivity index (χ4n) is 2.56. The number of halogens is 1. The monoisotopic (exact) mass is 312 g/mol. The lowest BCUT2D eigenvalue weighted by atomic mass is 9.98. The molecule has 0 radical (unpaired) electrons. The van der Waals surface area contributed by atoms with E-state index in [0.717, 1.165) is 18.5 Å². The Morgan fingerprint density at radius 1 is 1.48 bits per heavy atom. The molecule has 6 nitrogen and oxygen atoms in total. The third-order valence-corrected chi connectivity index (χ3v) is 4.13. The van der Waals surface area contributed by atoms with Gasteiger partial charge in [0.1, 0.15) is 0 Å². The second-order valence-electron chi connectivity index (χ2n) is 5.25. The van der Waals surface area contributed by atoms with Crippen molar-refractivity contribution >= 4 is 23.3 Å². The van der Waals surface area contributed by atoms with Gasteiger partial charge >= 0.3 is 5.97 Å². The lowest BCUT2D eigenvalue weighted by Gasteiger charge is -2.31. The van der Waals surface area contributed by atoms with Gasteiger partial charge in [0.25, 0.3) is 5.69 Å². The number of nitrogens with zero attached hydrogens (tertiary/aromatic N) is 2. The minimum Gasteiger partial charge on any atom is -0.481 e. The van der Waals surface area contributed by atoms with Gasteiger partial charge in [0.05, 0.1) is 16.2 Å². The van der Waals surface area contributed by atoms with Gasteiger partial charge in [-0.1, -0.05) is 12.1 Å². The molecule has 0 aliphatic carbocycles. The minimum atomic E-state index is -0.763. The van der Waals surface area contributed by atoms with E-state index >= 15 is 0 Å². The van der Waals surface area contributed by atoms with Crippen LogP contribution in [0.2, 0.25) is 0 Å². The van der Waals surface area contributed by atoms with Crippen LogP contribution in [0.25, 0.3) is 0 Å². The number of carboxylic acid groups (broad SMARTS) is 1. The molecule has 0 aromatic heterocycles. The molecule has 1 saturated heterocycles. The average molecular weight is 313 g/mol. The summed E-state index contributed by atoms with van der Waals surface area (Å²) in [6, 6.07) is 6.16. The van der Waals surface area contributed by atoms with E-state index in [1.165, 1.54) is 12.1 Å². The third-order valence-electron chi connectivity index (χ3n) is 3.74. The molecule has 1 aromatic rings. The number of non-ortho nitro benzene ring substituents is 1. The fourth-order valence-corrected chi connectivity index (χ4v) is 2.90. The van der Waals surface area contributed by atoms with Gasteiger partial charge < -0.3 is 10.0 Å². The van der Waals surface area contributed by atoms with Crippen molar-refractivity contribution in [2.45, 2.75) is 18.2 Å². The first-order valence-electron chi connectivity index (χ1n) is 6.81. The first-order chi connectivity index (χ1) is 9.97. The number of likely N-dealkylation sites (tertiary alicyclic amines) is 1. The molecule has 2 rings (SSSR count). The highest BCUT2D eigenvalue weighted by Crippen LogP contribution is 2.26. The molecule has 21 heavy (non-hydrogen) atoms. The number of benzene rings is 1. The number of nitro benzene ring substituents is 1. The number of hydrogen-bond acceptors (Lipinski definition) is 4. The Bertz CT molecular complexity index is 520. The van der Waals surface area contributed by atoms with Crippen molar-refractivity contribution in [3.05, 3.63) is 39.9 Å². The predicted octanol–water partition coefficient (Wildman–Crippen LogP) is 2.67. The normalized spacial score (nSPS) is 20.9. The van der Waals surface area contributed by atoms with E-state index in [4.69, 9.17) is 16.7 Å². The highest BCUT2D eigenvalue weighted by atomic mass is 35.5. The molecule has 114 valence electrons. The topological polar surface area (TPSA) is 83.7 Å². The second-order valence-corrected chi connectivity index (χ2v) is 5.78. The number of rotatable bonds is 5. The van der Waals surface area contributed by atoms with Crippen LogP contribution in [0.4, 0.5) is 5.69 Å². The van der Waals surface area contributed by atoms with Gasteiger partial charge in [-0.15, -0.1) is 11.6 Å². The van der Waals surface area contributed by atoms with Crippen LogP contribution in [0.5, 0.6) is 0 Å². The molecule has 1 aliphatic heterocycles. The van der Waals surface area contributed by atoms with Crippen LogP contribution in [0.1, 0.15) is 23.8 Å². The van der Waals surface area contributed by atoms with Gasteiger partial charge in [-0.05, 0) is 24.9 Å². The summed E-state index contributed by atoms with van der Waals surface area (Å²) in [6.45, 7) is 1.88. The van der Waals surface area contributed by atoms with Gasteiger partial charge in [-0.2, -0.15) is 0 Å².